The first-order valence-electron chi connectivity index (χ1n) is 7.49. The van der Waals surface area contributed by atoms with Gasteiger partial charge in [0.25, 0.3) is 0 Å². The second kappa shape index (κ2) is 4.35. The number of hydrogen-bond acceptors (Lipinski definition) is 3. The summed E-state index contributed by atoms with van der Waals surface area (Å²) >= 11 is 0. The van der Waals surface area contributed by atoms with Gasteiger partial charge >= 0.3 is 0 Å². The lowest BCUT2D eigenvalue weighted by atomic mass is 9.35. The fourth-order valence-electron chi connectivity index (χ4n) is 4.34. The molecule has 22 heavy (non-hydrogen) atoms. The number of rotatable bonds is 3. The molecule has 3 saturated carbocycles. The van der Waals surface area contributed by atoms with Crippen molar-refractivity contribution in [3.05, 3.63) is 35.4 Å². The van der Waals surface area contributed by atoms with E-state index in [0.29, 0.717) is 18.5 Å². The number of hydrogen-bond donors (Lipinski definition) is 1. The lowest BCUT2D eigenvalue weighted by Crippen LogP contribution is -2.69. The average molecular weight is 305 g/mol. The number of carbonyl (C=O) groups excluding carboxylic acids is 1. The average Bonchev–Trinajstić information content (AvgIpc) is 2.83. The molecule has 0 spiro atoms. The first kappa shape index (κ1) is 13.8. The first-order chi connectivity index (χ1) is 10.5. The summed E-state index contributed by atoms with van der Waals surface area (Å²) < 4.78 is 26.9. The summed E-state index contributed by atoms with van der Waals surface area (Å²) in [4.78, 5) is 12.8. The molecule has 3 aliphatic carbocycles. The van der Waals surface area contributed by atoms with Gasteiger partial charge in [-0.25, -0.2) is 13.8 Å². The van der Waals surface area contributed by atoms with Crippen LogP contribution in [0.15, 0.2) is 23.3 Å². The number of halogens is 2. The van der Waals surface area contributed by atoms with Gasteiger partial charge in [-0.05, 0) is 48.9 Å². The molecule has 1 amide bonds. The molecule has 5 rings (SSSR count). The maximum absolute atomic E-state index is 13.4. The van der Waals surface area contributed by atoms with E-state index < -0.39 is 17.7 Å². The Balaban J connectivity index is 1.57. The predicted octanol–water partition coefficient (Wildman–Crippen LogP) is 2.35. The number of hydrazone groups is 1. The molecule has 3 fully saturated rings. The molecule has 2 N–H and O–H groups in total. The summed E-state index contributed by atoms with van der Waals surface area (Å²) in [6, 6.07) is 2.95. The molecule has 0 aromatic heterocycles. The molecule has 1 aromatic carbocycles. The molecule has 4 nitrogen and oxygen atoms in total. The SMILES string of the molecule is NCC12CC(C(=O)N3N=CCC3c3cc(F)cc(F)c3)(C1)C2. The van der Waals surface area contributed by atoms with Gasteiger partial charge in [-0.15, -0.1) is 0 Å². The zero-order valence-electron chi connectivity index (χ0n) is 12.1. The first-order valence-corrected chi connectivity index (χ1v) is 7.49. The highest BCUT2D eigenvalue weighted by atomic mass is 19.1. The largest absolute Gasteiger partial charge is 0.330 e. The van der Waals surface area contributed by atoms with Crippen LogP contribution in [0.5, 0.6) is 0 Å². The minimum absolute atomic E-state index is 0.0359. The molecular weight excluding hydrogens is 288 g/mol. The molecule has 116 valence electrons. The molecule has 4 aliphatic rings. The third-order valence-electron chi connectivity index (χ3n) is 5.33. The number of nitrogens with zero attached hydrogens (tertiary/aromatic N) is 2. The Morgan fingerprint density at radius 3 is 2.50 bits per heavy atom. The highest BCUT2D eigenvalue weighted by Crippen LogP contribution is 2.73. The second-order valence-corrected chi connectivity index (χ2v) is 6.92. The summed E-state index contributed by atoms with van der Waals surface area (Å²) in [5.74, 6) is -1.31. The Morgan fingerprint density at radius 1 is 1.27 bits per heavy atom. The van der Waals surface area contributed by atoms with Gasteiger partial charge in [-0.3, -0.25) is 4.79 Å². The molecular formula is C16H17F2N3O. The molecule has 2 bridgehead atoms. The van der Waals surface area contributed by atoms with Gasteiger partial charge in [0, 0.05) is 18.7 Å². The summed E-state index contributed by atoms with van der Waals surface area (Å²) in [6.07, 6.45) is 4.55. The van der Waals surface area contributed by atoms with Gasteiger partial charge in [-0.2, -0.15) is 5.10 Å². The second-order valence-electron chi connectivity index (χ2n) is 6.92. The molecule has 0 saturated heterocycles. The number of benzene rings is 1. The highest BCUT2D eigenvalue weighted by Gasteiger charge is 2.71. The van der Waals surface area contributed by atoms with E-state index in [1.54, 1.807) is 6.21 Å². The summed E-state index contributed by atoms with van der Waals surface area (Å²) in [5.41, 5.74) is 5.99. The van der Waals surface area contributed by atoms with Crippen molar-refractivity contribution in [2.75, 3.05) is 6.54 Å². The fourth-order valence-corrected chi connectivity index (χ4v) is 4.34. The van der Waals surface area contributed by atoms with E-state index in [2.05, 4.69) is 5.10 Å². The van der Waals surface area contributed by atoms with Gasteiger partial charge in [0.1, 0.15) is 11.6 Å². The van der Waals surface area contributed by atoms with Crippen molar-refractivity contribution < 1.29 is 13.6 Å². The maximum atomic E-state index is 13.4. The molecule has 1 atom stereocenters. The van der Waals surface area contributed by atoms with Crippen LogP contribution in [0, 0.1) is 22.5 Å². The van der Waals surface area contributed by atoms with Crippen molar-refractivity contribution in [2.24, 2.45) is 21.7 Å². The van der Waals surface area contributed by atoms with Crippen molar-refractivity contribution in [2.45, 2.75) is 31.7 Å². The van der Waals surface area contributed by atoms with Crippen LogP contribution in [0.1, 0.15) is 37.3 Å². The van der Waals surface area contributed by atoms with Crippen molar-refractivity contribution in [1.29, 1.82) is 0 Å². The van der Waals surface area contributed by atoms with Gasteiger partial charge < -0.3 is 5.73 Å². The van der Waals surface area contributed by atoms with E-state index >= 15 is 0 Å². The van der Waals surface area contributed by atoms with Crippen LogP contribution >= 0.6 is 0 Å². The molecule has 1 heterocycles. The molecule has 1 unspecified atom stereocenters. The van der Waals surface area contributed by atoms with Crippen molar-refractivity contribution in [3.8, 4) is 0 Å². The molecule has 0 radical (unpaired) electrons. The zero-order valence-corrected chi connectivity index (χ0v) is 12.1. The predicted molar refractivity (Wildman–Crippen MR) is 76.8 cm³/mol. The minimum Gasteiger partial charge on any atom is -0.330 e. The number of amides is 1. The van der Waals surface area contributed by atoms with Crippen LogP contribution in [0.4, 0.5) is 8.78 Å². The lowest BCUT2D eigenvalue weighted by Gasteiger charge is -2.69. The topological polar surface area (TPSA) is 58.7 Å². The van der Waals surface area contributed by atoms with Crippen LogP contribution in [-0.4, -0.2) is 23.7 Å². The third kappa shape index (κ3) is 1.76. The normalized spacial score (nSPS) is 35.2. The van der Waals surface area contributed by atoms with E-state index in [1.807, 2.05) is 0 Å². The maximum Gasteiger partial charge on any atom is 0.249 e. The Labute approximate surface area is 127 Å². The Kier molecular flexibility index (Phi) is 2.73. The Bertz CT molecular complexity index is 648. The van der Waals surface area contributed by atoms with Crippen molar-refractivity contribution >= 4 is 12.1 Å². The standard InChI is InChI=1S/C16H17F2N3O/c17-11-3-10(4-12(18)5-11)13-1-2-20-21(13)14(22)16-6-15(7-16,8-16)9-19/h2-5,13H,1,6-9,19H2. The van der Waals surface area contributed by atoms with E-state index in [4.69, 9.17) is 5.73 Å². The van der Waals surface area contributed by atoms with Crippen LogP contribution in [0.2, 0.25) is 0 Å². The van der Waals surface area contributed by atoms with Crippen LogP contribution in [-0.2, 0) is 4.79 Å². The smallest absolute Gasteiger partial charge is 0.249 e. The summed E-state index contributed by atoms with van der Waals surface area (Å²) in [7, 11) is 0. The summed E-state index contributed by atoms with van der Waals surface area (Å²) in [6.45, 7) is 0.615. The minimum atomic E-state index is -0.637. The molecule has 1 aromatic rings. The van der Waals surface area contributed by atoms with Crippen LogP contribution in [0.3, 0.4) is 0 Å². The van der Waals surface area contributed by atoms with Crippen molar-refractivity contribution in [3.63, 3.8) is 0 Å². The number of carbonyl (C=O) groups is 1. The Morgan fingerprint density at radius 2 is 1.91 bits per heavy atom. The van der Waals surface area contributed by atoms with E-state index in [1.165, 1.54) is 17.1 Å². The van der Waals surface area contributed by atoms with Gasteiger partial charge in [0.15, 0.2) is 0 Å². The fraction of sp³-hybridized carbons (Fsp3) is 0.500. The van der Waals surface area contributed by atoms with Gasteiger partial charge in [0.05, 0.1) is 11.5 Å². The van der Waals surface area contributed by atoms with Crippen LogP contribution < -0.4 is 5.73 Å². The lowest BCUT2D eigenvalue weighted by molar-refractivity contribution is -0.213. The van der Waals surface area contributed by atoms with Crippen LogP contribution in [0.25, 0.3) is 0 Å². The van der Waals surface area contributed by atoms with E-state index in [9.17, 15) is 13.6 Å². The monoisotopic (exact) mass is 305 g/mol. The van der Waals surface area contributed by atoms with Crippen molar-refractivity contribution in [1.82, 2.24) is 5.01 Å². The molecule has 6 heteroatoms. The van der Waals surface area contributed by atoms with Gasteiger partial charge in [0.2, 0.25) is 5.91 Å². The third-order valence-corrected chi connectivity index (χ3v) is 5.33. The summed E-state index contributed by atoms with van der Waals surface area (Å²) in [5, 5.41) is 5.57. The quantitative estimate of drug-likeness (QED) is 0.932. The van der Waals surface area contributed by atoms with E-state index in [-0.39, 0.29) is 16.7 Å². The van der Waals surface area contributed by atoms with E-state index in [0.717, 1.165) is 25.3 Å². The Hall–Kier alpha value is -1.82. The molecule has 1 aliphatic heterocycles. The van der Waals surface area contributed by atoms with Gasteiger partial charge in [-0.1, -0.05) is 0 Å². The zero-order chi connectivity index (χ0) is 15.5. The number of nitrogens with two attached hydrogens (primary N) is 1. The highest BCUT2D eigenvalue weighted by molar-refractivity contribution is 5.88.